The van der Waals surface area contributed by atoms with E-state index in [0.29, 0.717) is 6.42 Å². The Balaban J connectivity index is 2.19. The van der Waals surface area contributed by atoms with E-state index in [1.807, 2.05) is 36.4 Å². The summed E-state index contributed by atoms with van der Waals surface area (Å²) < 4.78 is 1.06. The van der Waals surface area contributed by atoms with Crippen LogP contribution in [0.2, 0.25) is 0 Å². The van der Waals surface area contributed by atoms with Crippen LogP contribution < -0.4 is 0 Å². The van der Waals surface area contributed by atoms with E-state index in [0.717, 1.165) is 15.6 Å². The molecule has 0 amide bonds. The Hall–Kier alpha value is -1.12. The largest absolute Gasteiger partial charge is 0.388 e. The first-order valence-corrected chi connectivity index (χ1v) is 6.86. The molecule has 2 heteroatoms. The van der Waals surface area contributed by atoms with Gasteiger partial charge in [-0.1, -0.05) is 46.3 Å². The lowest BCUT2D eigenvalue weighted by atomic mass is 9.95. The molecule has 18 heavy (non-hydrogen) atoms. The Bertz CT molecular complexity index is 531. The number of hydrogen-bond acceptors (Lipinski definition) is 1. The van der Waals surface area contributed by atoms with Gasteiger partial charge in [0.2, 0.25) is 0 Å². The van der Waals surface area contributed by atoms with E-state index < -0.39 is 6.10 Å². The van der Waals surface area contributed by atoms with Crippen LogP contribution >= 0.6 is 15.9 Å². The van der Waals surface area contributed by atoms with Crippen LogP contribution in [0.3, 0.4) is 0 Å². The summed E-state index contributed by atoms with van der Waals surface area (Å²) in [6, 6.07) is 14.2. The minimum atomic E-state index is -0.439. The molecule has 2 rings (SSSR count). The van der Waals surface area contributed by atoms with Crippen molar-refractivity contribution in [1.29, 1.82) is 0 Å². The number of benzene rings is 2. The highest BCUT2D eigenvalue weighted by atomic mass is 79.9. The Morgan fingerprint density at radius 2 is 1.72 bits per heavy atom. The Labute approximate surface area is 117 Å². The maximum absolute atomic E-state index is 10.3. The van der Waals surface area contributed by atoms with Crippen LogP contribution in [0, 0.1) is 13.8 Å². The molecule has 94 valence electrons. The first-order chi connectivity index (χ1) is 8.58. The molecule has 0 fully saturated rings. The SMILES string of the molecule is Cc1cccc(C(O)Cc2ccc(Br)cc2)c1C. The van der Waals surface area contributed by atoms with E-state index in [1.54, 1.807) is 0 Å². The van der Waals surface area contributed by atoms with Crippen LogP contribution in [0.25, 0.3) is 0 Å². The summed E-state index contributed by atoms with van der Waals surface area (Å²) in [6.07, 6.45) is 0.212. The molecule has 0 heterocycles. The minimum absolute atomic E-state index is 0.439. The van der Waals surface area contributed by atoms with Crippen molar-refractivity contribution in [3.63, 3.8) is 0 Å². The van der Waals surface area contributed by atoms with Gasteiger partial charge in [0, 0.05) is 10.9 Å². The van der Waals surface area contributed by atoms with Crippen molar-refractivity contribution in [3.05, 3.63) is 69.2 Å². The topological polar surface area (TPSA) is 20.2 Å². The summed E-state index contributed by atoms with van der Waals surface area (Å²) in [5.41, 5.74) is 4.58. The maximum Gasteiger partial charge on any atom is 0.0833 e. The molecule has 2 aromatic carbocycles. The van der Waals surface area contributed by atoms with Gasteiger partial charge in [-0.3, -0.25) is 0 Å². The second-order valence-electron chi connectivity index (χ2n) is 4.64. The number of aliphatic hydroxyl groups excluding tert-OH is 1. The lowest BCUT2D eigenvalue weighted by molar-refractivity contribution is 0.177. The summed E-state index contributed by atoms with van der Waals surface area (Å²) in [7, 11) is 0. The Morgan fingerprint density at radius 3 is 2.39 bits per heavy atom. The highest BCUT2D eigenvalue weighted by Crippen LogP contribution is 2.24. The van der Waals surface area contributed by atoms with Gasteiger partial charge in [0.15, 0.2) is 0 Å². The molecular weight excluding hydrogens is 288 g/mol. The molecule has 0 aliphatic carbocycles. The summed E-state index contributed by atoms with van der Waals surface area (Å²) in [6.45, 7) is 4.14. The molecule has 0 bridgehead atoms. The monoisotopic (exact) mass is 304 g/mol. The maximum atomic E-state index is 10.3. The number of aliphatic hydroxyl groups is 1. The Kier molecular flexibility index (Phi) is 4.20. The van der Waals surface area contributed by atoms with E-state index in [2.05, 4.69) is 35.8 Å². The standard InChI is InChI=1S/C16H17BrO/c1-11-4-3-5-15(12(11)2)16(18)10-13-6-8-14(17)9-7-13/h3-9,16,18H,10H2,1-2H3. The average Bonchev–Trinajstić information content (AvgIpc) is 2.35. The summed E-state index contributed by atoms with van der Waals surface area (Å²) in [4.78, 5) is 0. The van der Waals surface area contributed by atoms with Crippen LogP contribution in [0.15, 0.2) is 46.9 Å². The molecule has 2 aromatic rings. The smallest absolute Gasteiger partial charge is 0.0833 e. The second kappa shape index (κ2) is 5.68. The van der Waals surface area contributed by atoms with Crippen molar-refractivity contribution in [2.75, 3.05) is 0 Å². The molecular formula is C16H17BrO. The quantitative estimate of drug-likeness (QED) is 0.894. The predicted molar refractivity (Wildman–Crippen MR) is 78.7 cm³/mol. The van der Waals surface area contributed by atoms with Crippen LogP contribution in [0.1, 0.15) is 28.4 Å². The van der Waals surface area contributed by atoms with E-state index in [9.17, 15) is 5.11 Å². The van der Waals surface area contributed by atoms with Gasteiger partial charge >= 0.3 is 0 Å². The summed E-state index contributed by atoms with van der Waals surface area (Å²) in [5, 5.41) is 10.3. The van der Waals surface area contributed by atoms with Crippen LogP contribution in [-0.2, 0) is 6.42 Å². The van der Waals surface area contributed by atoms with Crippen molar-refractivity contribution >= 4 is 15.9 Å². The lowest BCUT2D eigenvalue weighted by Gasteiger charge is -2.15. The van der Waals surface area contributed by atoms with Crippen molar-refractivity contribution < 1.29 is 5.11 Å². The molecule has 0 spiro atoms. The van der Waals surface area contributed by atoms with Gasteiger partial charge < -0.3 is 5.11 Å². The van der Waals surface area contributed by atoms with E-state index in [-0.39, 0.29) is 0 Å². The molecule has 0 saturated carbocycles. The van der Waals surface area contributed by atoms with Crippen molar-refractivity contribution in [1.82, 2.24) is 0 Å². The third-order valence-electron chi connectivity index (χ3n) is 3.35. The zero-order valence-electron chi connectivity index (χ0n) is 10.7. The number of aryl methyl sites for hydroxylation is 1. The number of hydrogen-bond donors (Lipinski definition) is 1. The summed E-state index contributed by atoms with van der Waals surface area (Å²) >= 11 is 3.42. The van der Waals surface area contributed by atoms with Gasteiger partial charge in [-0.2, -0.15) is 0 Å². The third kappa shape index (κ3) is 3.01. The highest BCUT2D eigenvalue weighted by molar-refractivity contribution is 9.10. The van der Waals surface area contributed by atoms with Gasteiger partial charge in [-0.05, 0) is 48.2 Å². The molecule has 0 aliphatic heterocycles. The zero-order chi connectivity index (χ0) is 13.1. The fourth-order valence-corrected chi connectivity index (χ4v) is 2.35. The third-order valence-corrected chi connectivity index (χ3v) is 3.88. The average molecular weight is 305 g/mol. The van der Waals surface area contributed by atoms with Crippen molar-refractivity contribution in [3.8, 4) is 0 Å². The second-order valence-corrected chi connectivity index (χ2v) is 5.55. The van der Waals surface area contributed by atoms with Crippen LogP contribution in [-0.4, -0.2) is 5.11 Å². The molecule has 1 nitrogen and oxygen atoms in total. The van der Waals surface area contributed by atoms with Gasteiger partial charge in [0.25, 0.3) is 0 Å². The number of rotatable bonds is 3. The van der Waals surface area contributed by atoms with Crippen LogP contribution in [0.4, 0.5) is 0 Å². The van der Waals surface area contributed by atoms with Gasteiger partial charge in [-0.25, -0.2) is 0 Å². The summed E-state index contributed by atoms with van der Waals surface area (Å²) in [5.74, 6) is 0. The van der Waals surface area contributed by atoms with Crippen molar-refractivity contribution in [2.24, 2.45) is 0 Å². The molecule has 0 aromatic heterocycles. The molecule has 1 unspecified atom stereocenters. The zero-order valence-corrected chi connectivity index (χ0v) is 12.2. The van der Waals surface area contributed by atoms with E-state index in [1.165, 1.54) is 11.1 Å². The first-order valence-electron chi connectivity index (χ1n) is 6.06. The van der Waals surface area contributed by atoms with Gasteiger partial charge in [-0.15, -0.1) is 0 Å². The predicted octanol–water partition coefficient (Wildman–Crippen LogP) is 4.34. The fraction of sp³-hybridized carbons (Fsp3) is 0.250. The number of halogens is 1. The fourth-order valence-electron chi connectivity index (χ4n) is 2.09. The van der Waals surface area contributed by atoms with Gasteiger partial charge in [0.1, 0.15) is 0 Å². The normalized spacial score (nSPS) is 12.4. The molecule has 0 saturated heterocycles. The molecule has 0 radical (unpaired) electrons. The highest BCUT2D eigenvalue weighted by Gasteiger charge is 2.12. The van der Waals surface area contributed by atoms with Crippen LogP contribution in [0.5, 0.6) is 0 Å². The van der Waals surface area contributed by atoms with E-state index >= 15 is 0 Å². The van der Waals surface area contributed by atoms with Crippen molar-refractivity contribution in [2.45, 2.75) is 26.4 Å². The molecule has 1 atom stereocenters. The molecule has 1 N–H and O–H groups in total. The first kappa shape index (κ1) is 13.3. The van der Waals surface area contributed by atoms with Gasteiger partial charge in [0.05, 0.1) is 6.10 Å². The minimum Gasteiger partial charge on any atom is -0.388 e. The van der Waals surface area contributed by atoms with E-state index in [4.69, 9.17) is 0 Å². The Morgan fingerprint density at radius 1 is 1.06 bits per heavy atom. The lowest BCUT2D eigenvalue weighted by Crippen LogP contribution is -2.04. The molecule has 0 aliphatic rings.